The van der Waals surface area contributed by atoms with Crippen molar-refractivity contribution >= 4 is 0 Å². The second-order valence-electron chi connectivity index (χ2n) is 4.58. The molecule has 0 amide bonds. The highest BCUT2D eigenvalue weighted by atomic mass is 16.5. The standard InChI is InChI=1S/C12H21NO/c1-5-12(2,3)13-10-8-6-7-9-11(10)14-4/h1,10-11,13H,6-9H2,2-4H3. The highest BCUT2D eigenvalue weighted by Crippen LogP contribution is 2.22. The lowest BCUT2D eigenvalue weighted by molar-refractivity contribution is 0.0358. The van der Waals surface area contributed by atoms with E-state index >= 15 is 0 Å². The van der Waals surface area contributed by atoms with E-state index in [1.165, 1.54) is 19.3 Å². The Morgan fingerprint density at radius 2 is 2.00 bits per heavy atom. The van der Waals surface area contributed by atoms with Crippen molar-refractivity contribution in [2.75, 3.05) is 7.11 Å². The lowest BCUT2D eigenvalue weighted by atomic mass is 9.90. The first kappa shape index (κ1) is 11.6. The van der Waals surface area contributed by atoms with E-state index in [1.807, 2.05) is 13.8 Å². The molecule has 1 rings (SSSR count). The molecule has 0 bridgehead atoms. The normalized spacial score (nSPS) is 28.4. The molecule has 0 aromatic heterocycles. The second-order valence-corrected chi connectivity index (χ2v) is 4.58. The van der Waals surface area contributed by atoms with Crippen molar-refractivity contribution in [1.29, 1.82) is 0 Å². The third-order valence-corrected chi connectivity index (χ3v) is 2.91. The number of rotatable bonds is 3. The van der Waals surface area contributed by atoms with Crippen LogP contribution in [0, 0.1) is 12.3 Å². The Morgan fingerprint density at radius 3 is 2.57 bits per heavy atom. The number of ether oxygens (including phenoxy) is 1. The van der Waals surface area contributed by atoms with Gasteiger partial charge in [-0.2, -0.15) is 0 Å². The summed E-state index contributed by atoms with van der Waals surface area (Å²) in [7, 11) is 1.79. The van der Waals surface area contributed by atoms with Crippen LogP contribution in [0.4, 0.5) is 0 Å². The Hall–Kier alpha value is -0.520. The molecule has 2 unspecified atom stereocenters. The van der Waals surface area contributed by atoms with Crippen LogP contribution in [-0.2, 0) is 4.74 Å². The molecule has 14 heavy (non-hydrogen) atoms. The zero-order valence-electron chi connectivity index (χ0n) is 9.47. The Bertz CT molecular complexity index is 217. The summed E-state index contributed by atoms with van der Waals surface area (Å²) in [6.45, 7) is 4.07. The topological polar surface area (TPSA) is 21.3 Å². The van der Waals surface area contributed by atoms with E-state index < -0.39 is 0 Å². The van der Waals surface area contributed by atoms with Crippen LogP contribution in [0.25, 0.3) is 0 Å². The van der Waals surface area contributed by atoms with Crippen LogP contribution in [0.15, 0.2) is 0 Å². The minimum Gasteiger partial charge on any atom is -0.380 e. The van der Waals surface area contributed by atoms with Crippen LogP contribution in [0.2, 0.25) is 0 Å². The van der Waals surface area contributed by atoms with Gasteiger partial charge in [-0.3, -0.25) is 5.32 Å². The summed E-state index contributed by atoms with van der Waals surface area (Å²) >= 11 is 0. The van der Waals surface area contributed by atoms with Crippen LogP contribution >= 0.6 is 0 Å². The maximum absolute atomic E-state index is 5.46. The Morgan fingerprint density at radius 1 is 1.36 bits per heavy atom. The maximum atomic E-state index is 5.46. The van der Waals surface area contributed by atoms with E-state index in [9.17, 15) is 0 Å². The van der Waals surface area contributed by atoms with Gasteiger partial charge in [0.15, 0.2) is 0 Å². The van der Waals surface area contributed by atoms with Crippen LogP contribution in [0.1, 0.15) is 39.5 Å². The fourth-order valence-electron chi connectivity index (χ4n) is 2.05. The molecule has 1 fully saturated rings. The lowest BCUT2D eigenvalue weighted by Crippen LogP contribution is -2.52. The van der Waals surface area contributed by atoms with Gasteiger partial charge in [0.1, 0.15) is 0 Å². The second kappa shape index (κ2) is 4.82. The third-order valence-electron chi connectivity index (χ3n) is 2.91. The predicted molar refractivity (Wildman–Crippen MR) is 59.1 cm³/mol. The summed E-state index contributed by atoms with van der Waals surface area (Å²) in [4.78, 5) is 0. The largest absolute Gasteiger partial charge is 0.380 e. The van der Waals surface area contributed by atoms with E-state index in [0.717, 1.165) is 6.42 Å². The Balaban J connectivity index is 2.53. The van der Waals surface area contributed by atoms with Crippen molar-refractivity contribution in [3.8, 4) is 12.3 Å². The third kappa shape index (κ3) is 3.01. The van der Waals surface area contributed by atoms with E-state index in [4.69, 9.17) is 11.2 Å². The number of nitrogens with one attached hydrogen (secondary N) is 1. The average molecular weight is 195 g/mol. The van der Waals surface area contributed by atoms with Gasteiger partial charge in [-0.25, -0.2) is 0 Å². The molecule has 1 N–H and O–H groups in total. The molecular weight excluding hydrogens is 174 g/mol. The monoisotopic (exact) mass is 195 g/mol. The quantitative estimate of drug-likeness (QED) is 0.695. The molecule has 80 valence electrons. The first-order valence-corrected chi connectivity index (χ1v) is 5.37. The van der Waals surface area contributed by atoms with Crippen LogP contribution in [-0.4, -0.2) is 24.8 Å². The van der Waals surface area contributed by atoms with Gasteiger partial charge in [0.05, 0.1) is 11.6 Å². The molecule has 0 aromatic rings. The molecule has 0 aromatic carbocycles. The molecule has 2 heteroatoms. The first-order valence-electron chi connectivity index (χ1n) is 5.37. The fourth-order valence-corrected chi connectivity index (χ4v) is 2.05. The van der Waals surface area contributed by atoms with Gasteiger partial charge in [-0.15, -0.1) is 6.42 Å². The zero-order valence-corrected chi connectivity index (χ0v) is 9.47. The van der Waals surface area contributed by atoms with Crippen molar-refractivity contribution in [2.45, 2.75) is 57.2 Å². The first-order chi connectivity index (χ1) is 6.59. The summed E-state index contributed by atoms with van der Waals surface area (Å²) < 4.78 is 5.46. The molecule has 2 atom stereocenters. The van der Waals surface area contributed by atoms with Crippen LogP contribution in [0.5, 0.6) is 0 Å². The molecule has 0 aliphatic heterocycles. The lowest BCUT2D eigenvalue weighted by Gasteiger charge is -2.35. The Kier molecular flexibility index (Phi) is 3.97. The zero-order chi connectivity index (χ0) is 10.6. The number of hydrogen-bond acceptors (Lipinski definition) is 2. The predicted octanol–water partition coefficient (Wildman–Crippen LogP) is 1.95. The van der Waals surface area contributed by atoms with Crippen molar-refractivity contribution in [3.63, 3.8) is 0 Å². The molecular formula is C12H21NO. The maximum Gasteiger partial charge on any atom is 0.0744 e. The number of hydrogen-bond donors (Lipinski definition) is 1. The van der Waals surface area contributed by atoms with Crippen molar-refractivity contribution in [3.05, 3.63) is 0 Å². The van der Waals surface area contributed by atoms with Crippen molar-refractivity contribution in [1.82, 2.24) is 5.32 Å². The average Bonchev–Trinajstić information content (AvgIpc) is 2.18. The molecule has 0 radical (unpaired) electrons. The molecule has 0 spiro atoms. The van der Waals surface area contributed by atoms with E-state index in [2.05, 4.69) is 11.2 Å². The molecule has 1 aliphatic carbocycles. The Labute approximate surface area is 87.4 Å². The molecule has 1 saturated carbocycles. The summed E-state index contributed by atoms with van der Waals surface area (Å²) in [6.07, 6.45) is 10.7. The minimum absolute atomic E-state index is 0.223. The van der Waals surface area contributed by atoms with E-state index in [1.54, 1.807) is 7.11 Å². The van der Waals surface area contributed by atoms with Gasteiger partial charge < -0.3 is 4.74 Å². The van der Waals surface area contributed by atoms with Crippen molar-refractivity contribution in [2.24, 2.45) is 0 Å². The molecule has 2 nitrogen and oxygen atoms in total. The van der Waals surface area contributed by atoms with Gasteiger partial charge in [-0.05, 0) is 26.7 Å². The van der Waals surface area contributed by atoms with Crippen molar-refractivity contribution < 1.29 is 4.74 Å². The van der Waals surface area contributed by atoms with Gasteiger partial charge in [0.2, 0.25) is 0 Å². The summed E-state index contributed by atoms with van der Waals surface area (Å²) in [5.41, 5.74) is -0.223. The molecule has 0 saturated heterocycles. The SMILES string of the molecule is C#CC(C)(C)NC1CCCCC1OC. The van der Waals surface area contributed by atoms with Gasteiger partial charge >= 0.3 is 0 Å². The molecule has 1 aliphatic rings. The number of methoxy groups -OCH3 is 1. The highest BCUT2D eigenvalue weighted by molar-refractivity contribution is 5.09. The van der Waals surface area contributed by atoms with Gasteiger partial charge in [0, 0.05) is 13.2 Å². The summed E-state index contributed by atoms with van der Waals surface area (Å²) in [5, 5.41) is 3.48. The van der Waals surface area contributed by atoms with Gasteiger partial charge in [0.25, 0.3) is 0 Å². The summed E-state index contributed by atoms with van der Waals surface area (Å²) in [6, 6.07) is 0.416. The minimum atomic E-state index is -0.223. The van der Waals surface area contributed by atoms with Gasteiger partial charge in [-0.1, -0.05) is 18.8 Å². The van der Waals surface area contributed by atoms with Crippen LogP contribution in [0.3, 0.4) is 0 Å². The summed E-state index contributed by atoms with van der Waals surface area (Å²) in [5.74, 6) is 2.77. The smallest absolute Gasteiger partial charge is 0.0744 e. The van der Waals surface area contributed by atoms with E-state index in [0.29, 0.717) is 12.1 Å². The molecule has 0 heterocycles. The van der Waals surface area contributed by atoms with Crippen LogP contribution < -0.4 is 5.32 Å². The number of terminal acetylenes is 1. The fraction of sp³-hybridized carbons (Fsp3) is 0.833. The highest BCUT2D eigenvalue weighted by Gasteiger charge is 2.28. The van der Waals surface area contributed by atoms with E-state index in [-0.39, 0.29) is 5.54 Å².